The molecule has 72 valence electrons. The highest BCUT2D eigenvalue weighted by atomic mass is 79.9. The fourth-order valence-electron chi connectivity index (χ4n) is 1.07. The number of aromatic nitrogens is 1. The van der Waals surface area contributed by atoms with E-state index in [1.54, 1.807) is 12.1 Å². The molecule has 2 aromatic rings. The topological polar surface area (TPSA) is 26.0 Å². The van der Waals surface area contributed by atoms with Crippen molar-refractivity contribution in [1.29, 1.82) is 0 Å². The molecule has 2 nitrogen and oxygen atoms in total. The monoisotopic (exact) mass is 319 g/mol. The summed E-state index contributed by atoms with van der Waals surface area (Å²) in [6.45, 7) is 0. The SMILES string of the molecule is Fc1cccc(-c2noc(Br)c2Br)c1. The van der Waals surface area contributed by atoms with Crippen LogP contribution < -0.4 is 0 Å². The Kier molecular flexibility index (Phi) is 2.69. The molecule has 0 aliphatic heterocycles. The number of benzene rings is 1. The summed E-state index contributed by atoms with van der Waals surface area (Å²) < 4.78 is 19.0. The molecular weight excluding hydrogens is 317 g/mol. The normalized spacial score (nSPS) is 10.5. The van der Waals surface area contributed by atoms with Gasteiger partial charge in [0.2, 0.25) is 4.67 Å². The molecule has 0 amide bonds. The van der Waals surface area contributed by atoms with Crippen LogP contribution in [0.4, 0.5) is 4.39 Å². The van der Waals surface area contributed by atoms with Crippen LogP contribution >= 0.6 is 31.9 Å². The zero-order chi connectivity index (χ0) is 10.1. The van der Waals surface area contributed by atoms with Crippen molar-refractivity contribution in [2.45, 2.75) is 0 Å². The quantitative estimate of drug-likeness (QED) is 0.793. The largest absolute Gasteiger partial charge is 0.347 e. The number of rotatable bonds is 1. The minimum absolute atomic E-state index is 0.298. The molecule has 0 N–H and O–H groups in total. The summed E-state index contributed by atoms with van der Waals surface area (Å²) in [4.78, 5) is 0. The van der Waals surface area contributed by atoms with Crippen molar-refractivity contribution in [2.24, 2.45) is 0 Å². The smallest absolute Gasteiger partial charge is 0.216 e. The van der Waals surface area contributed by atoms with Crippen LogP contribution in [0.15, 0.2) is 37.9 Å². The summed E-state index contributed by atoms with van der Waals surface area (Å²) >= 11 is 6.45. The Morgan fingerprint density at radius 2 is 2.07 bits per heavy atom. The molecule has 0 atom stereocenters. The number of hydrogen-bond donors (Lipinski definition) is 0. The van der Waals surface area contributed by atoms with Crippen molar-refractivity contribution in [3.8, 4) is 11.3 Å². The molecule has 0 unspecified atom stereocenters. The average molecular weight is 321 g/mol. The number of hydrogen-bond acceptors (Lipinski definition) is 2. The Morgan fingerprint density at radius 3 is 2.64 bits per heavy atom. The lowest BCUT2D eigenvalue weighted by atomic mass is 10.1. The predicted octanol–water partition coefficient (Wildman–Crippen LogP) is 4.01. The zero-order valence-electron chi connectivity index (χ0n) is 6.80. The van der Waals surface area contributed by atoms with E-state index in [4.69, 9.17) is 4.52 Å². The van der Waals surface area contributed by atoms with Gasteiger partial charge in [-0.15, -0.1) is 0 Å². The average Bonchev–Trinajstić information content (AvgIpc) is 2.48. The Labute approximate surface area is 96.4 Å². The molecule has 5 heteroatoms. The van der Waals surface area contributed by atoms with E-state index in [1.807, 2.05) is 0 Å². The molecule has 0 spiro atoms. The van der Waals surface area contributed by atoms with Crippen LogP contribution in [-0.4, -0.2) is 5.16 Å². The van der Waals surface area contributed by atoms with Gasteiger partial charge in [0.05, 0.1) is 4.47 Å². The van der Waals surface area contributed by atoms with Crippen LogP contribution in [-0.2, 0) is 0 Å². The van der Waals surface area contributed by atoms with E-state index in [0.717, 1.165) is 0 Å². The van der Waals surface area contributed by atoms with Crippen LogP contribution in [0.1, 0.15) is 0 Å². The molecular formula is C9H4Br2FNO. The Bertz CT molecular complexity index is 470. The van der Waals surface area contributed by atoms with Gasteiger partial charge in [-0.1, -0.05) is 17.3 Å². The second-order valence-electron chi connectivity index (χ2n) is 2.63. The van der Waals surface area contributed by atoms with Crippen LogP contribution in [0, 0.1) is 5.82 Å². The third kappa shape index (κ3) is 1.74. The third-order valence-corrected chi connectivity index (χ3v) is 3.50. The van der Waals surface area contributed by atoms with Gasteiger partial charge in [-0.05, 0) is 44.0 Å². The number of halogens is 3. The van der Waals surface area contributed by atoms with E-state index < -0.39 is 0 Å². The number of nitrogens with zero attached hydrogens (tertiary/aromatic N) is 1. The lowest BCUT2D eigenvalue weighted by molar-refractivity contribution is 0.401. The van der Waals surface area contributed by atoms with Gasteiger partial charge >= 0.3 is 0 Å². The van der Waals surface area contributed by atoms with Crippen molar-refractivity contribution in [2.75, 3.05) is 0 Å². The summed E-state index contributed by atoms with van der Waals surface area (Å²) in [6, 6.07) is 6.17. The first-order valence-corrected chi connectivity index (χ1v) is 5.33. The van der Waals surface area contributed by atoms with E-state index in [2.05, 4.69) is 37.0 Å². The fraction of sp³-hybridized carbons (Fsp3) is 0. The van der Waals surface area contributed by atoms with Crippen LogP contribution in [0.25, 0.3) is 11.3 Å². The third-order valence-electron chi connectivity index (χ3n) is 1.70. The Morgan fingerprint density at radius 1 is 1.29 bits per heavy atom. The van der Waals surface area contributed by atoms with E-state index in [9.17, 15) is 4.39 Å². The van der Waals surface area contributed by atoms with Crippen molar-refractivity contribution in [3.63, 3.8) is 0 Å². The predicted molar refractivity (Wildman–Crippen MR) is 57.3 cm³/mol. The molecule has 0 saturated carbocycles. The second-order valence-corrected chi connectivity index (χ2v) is 4.14. The van der Waals surface area contributed by atoms with E-state index in [1.165, 1.54) is 12.1 Å². The molecule has 0 radical (unpaired) electrons. The molecule has 1 aromatic heterocycles. The molecule has 0 saturated heterocycles. The first-order valence-electron chi connectivity index (χ1n) is 3.75. The molecule has 0 bridgehead atoms. The molecule has 2 rings (SSSR count). The summed E-state index contributed by atoms with van der Waals surface area (Å²) in [5.41, 5.74) is 1.25. The molecule has 0 fully saturated rings. The van der Waals surface area contributed by atoms with Crippen LogP contribution in [0.2, 0.25) is 0 Å². The van der Waals surface area contributed by atoms with Gasteiger partial charge in [-0.3, -0.25) is 0 Å². The summed E-state index contributed by atoms with van der Waals surface area (Å²) in [6.07, 6.45) is 0. The van der Waals surface area contributed by atoms with Crippen molar-refractivity contribution in [3.05, 3.63) is 39.2 Å². The van der Waals surface area contributed by atoms with E-state index >= 15 is 0 Å². The summed E-state index contributed by atoms with van der Waals surface area (Å²) in [7, 11) is 0. The van der Waals surface area contributed by atoms with Gasteiger partial charge in [0, 0.05) is 5.56 Å². The second kappa shape index (κ2) is 3.82. The maximum atomic E-state index is 12.9. The highest BCUT2D eigenvalue weighted by molar-refractivity contribution is 9.13. The highest BCUT2D eigenvalue weighted by Crippen LogP contribution is 2.33. The molecule has 0 aliphatic rings. The lowest BCUT2D eigenvalue weighted by Crippen LogP contribution is -1.80. The van der Waals surface area contributed by atoms with Crippen molar-refractivity contribution < 1.29 is 8.91 Å². The van der Waals surface area contributed by atoms with Gasteiger partial charge in [0.15, 0.2) is 0 Å². The van der Waals surface area contributed by atoms with E-state index in [-0.39, 0.29) is 5.82 Å². The van der Waals surface area contributed by atoms with E-state index in [0.29, 0.717) is 20.4 Å². The summed E-state index contributed by atoms with van der Waals surface area (Å²) in [5.74, 6) is -0.298. The maximum Gasteiger partial charge on any atom is 0.216 e. The highest BCUT2D eigenvalue weighted by Gasteiger charge is 2.13. The Hall–Kier alpha value is -0.680. The first kappa shape index (κ1) is 9.86. The fourth-order valence-corrected chi connectivity index (χ4v) is 1.71. The van der Waals surface area contributed by atoms with Gasteiger partial charge in [0.25, 0.3) is 0 Å². The lowest BCUT2D eigenvalue weighted by Gasteiger charge is -1.95. The Balaban J connectivity index is 2.55. The summed E-state index contributed by atoms with van der Waals surface area (Å²) in [5, 5.41) is 3.79. The van der Waals surface area contributed by atoms with Gasteiger partial charge < -0.3 is 4.52 Å². The minimum Gasteiger partial charge on any atom is -0.347 e. The first-order chi connectivity index (χ1) is 6.68. The standard InChI is InChI=1S/C9H4Br2FNO/c10-7-8(13-14-9(7)11)5-2-1-3-6(12)4-5/h1-4H. The van der Waals surface area contributed by atoms with Crippen LogP contribution in [0.3, 0.4) is 0 Å². The maximum absolute atomic E-state index is 12.9. The van der Waals surface area contributed by atoms with Crippen LogP contribution in [0.5, 0.6) is 0 Å². The molecule has 1 aromatic carbocycles. The zero-order valence-corrected chi connectivity index (χ0v) is 9.97. The molecule has 14 heavy (non-hydrogen) atoms. The van der Waals surface area contributed by atoms with Gasteiger partial charge in [-0.2, -0.15) is 0 Å². The van der Waals surface area contributed by atoms with Crippen molar-refractivity contribution >= 4 is 31.9 Å². The molecule has 0 aliphatic carbocycles. The van der Waals surface area contributed by atoms with Gasteiger partial charge in [0.1, 0.15) is 11.5 Å². The molecule has 1 heterocycles. The van der Waals surface area contributed by atoms with Gasteiger partial charge in [-0.25, -0.2) is 4.39 Å². The minimum atomic E-state index is -0.298. The van der Waals surface area contributed by atoms with Crippen molar-refractivity contribution in [1.82, 2.24) is 5.16 Å².